The van der Waals surface area contributed by atoms with Crippen molar-refractivity contribution in [1.82, 2.24) is 10.3 Å². The van der Waals surface area contributed by atoms with E-state index < -0.39 is 13.0 Å². The highest BCUT2D eigenvalue weighted by Crippen LogP contribution is 2.15. The van der Waals surface area contributed by atoms with Gasteiger partial charge in [0.25, 0.3) is 6.43 Å². The van der Waals surface area contributed by atoms with E-state index in [9.17, 15) is 8.78 Å². The van der Waals surface area contributed by atoms with Crippen LogP contribution in [0.3, 0.4) is 0 Å². The first-order chi connectivity index (χ1) is 8.17. The van der Waals surface area contributed by atoms with Crippen molar-refractivity contribution in [2.45, 2.75) is 26.2 Å². The van der Waals surface area contributed by atoms with Crippen LogP contribution in [-0.2, 0) is 12.8 Å². The van der Waals surface area contributed by atoms with Gasteiger partial charge in [-0.05, 0) is 32.0 Å². The molecule has 0 amide bonds. The van der Waals surface area contributed by atoms with Gasteiger partial charge in [0.05, 0.1) is 0 Å². The summed E-state index contributed by atoms with van der Waals surface area (Å²) in [4.78, 5) is 4.23. The fourth-order valence-corrected chi connectivity index (χ4v) is 1.53. The molecule has 5 heteroatoms. The topological polar surface area (TPSA) is 34.1 Å². The number of aryl methyl sites for hydroxylation is 1. The third-order valence-corrected chi connectivity index (χ3v) is 2.38. The minimum absolute atomic E-state index is 0.273. The number of rotatable bonds is 7. The number of nitrogens with zero attached hydrogens (tertiary/aromatic N) is 1. The quantitative estimate of drug-likeness (QED) is 0.797. The first-order valence-corrected chi connectivity index (χ1v) is 5.71. The second-order valence-electron chi connectivity index (χ2n) is 3.66. The number of halogens is 2. The lowest BCUT2D eigenvalue weighted by atomic mass is 10.1. The normalized spacial score (nSPS) is 10.9. The summed E-state index contributed by atoms with van der Waals surface area (Å²) in [6, 6.07) is 3.54. The van der Waals surface area contributed by atoms with E-state index >= 15 is 0 Å². The van der Waals surface area contributed by atoms with Crippen molar-refractivity contribution in [3.63, 3.8) is 0 Å². The monoisotopic (exact) mass is 244 g/mol. The van der Waals surface area contributed by atoms with E-state index in [4.69, 9.17) is 4.74 Å². The van der Waals surface area contributed by atoms with Crippen molar-refractivity contribution in [3.05, 3.63) is 23.4 Å². The minimum atomic E-state index is -2.47. The highest BCUT2D eigenvalue weighted by atomic mass is 19.3. The van der Waals surface area contributed by atoms with Gasteiger partial charge in [-0.3, -0.25) is 0 Å². The second-order valence-corrected chi connectivity index (χ2v) is 3.66. The first-order valence-electron chi connectivity index (χ1n) is 5.71. The molecule has 1 aromatic heterocycles. The van der Waals surface area contributed by atoms with Crippen LogP contribution >= 0.6 is 0 Å². The largest absolute Gasteiger partial charge is 0.472 e. The highest BCUT2D eigenvalue weighted by molar-refractivity contribution is 5.26. The lowest BCUT2D eigenvalue weighted by Gasteiger charge is -2.10. The van der Waals surface area contributed by atoms with Crippen molar-refractivity contribution in [1.29, 1.82) is 0 Å². The molecule has 17 heavy (non-hydrogen) atoms. The van der Waals surface area contributed by atoms with E-state index in [0.717, 1.165) is 30.6 Å². The van der Waals surface area contributed by atoms with Gasteiger partial charge in [0.15, 0.2) is 6.61 Å². The zero-order valence-corrected chi connectivity index (χ0v) is 10.2. The number of pyridine rings is 1. The van der Waals surface area contributed by atoms with Gasteiger partial charge in [-0.1, -0.05) is 13.0 Å². The molecule has 0 saturated heterocycles. The molecule has 0 radical (unpaired) electrons. The number of hydrogen-bond donors (Lipinski definition) is 1. The Kier molecular flexibility index (Phi) is 5.83. The summed E-state index contributed by atoms with van der Waals surface area (Å²) >= 11 is 0. The Labute approximate surface area is 100 Å². The lowest BCUT2D eigenvalue weighted by molar-refractivity contribution is 0.0795. The molecular formula is C12H18F2N2O. The average molecular weight is 244 g/mol. The second kappa shape index (κ2) is 7.17. The maximum Gasteiger partial charge on any atom is 0.272 e. The van der Waals surface area contributed by atoms with Crippen LogP contribution in [0.15, 0.2) is 12.1 Å². The van der Waals surface area contributed by atoms with Crippen molar-refractivity contribution in [3.8, 4) is 5.88 Å². The van der Waals surface area contributed by atoms with Crippen LogP contribution in [0.2, 0.25) is 0 Å². The number of nitrogens with one attached hydrogen (secondary N) is 1. The predicted octanol–water partition coefficient (Wildman–Crippen LogP) is 2.05. The van der Waals surface area contributed by atoms with Crippen molar-refractivity contribution in [2.24, 2.45) is 0 Å². The molecule has 0 aromatic carbocycles. The van der Waals surface area contributed by atoms with Crippen LogP contribution in [0.5, 0.6) is 5.88 Å². The van der Waals surface area contributed by atoms with Gasteiger partial charge in [0, 0.05) is 11.8 Å². The van der Waals surface area contributed by atoms with Gasteiger partial charge in [-0.15, -0.1) is 0 Å². The van der Waals surface area contributed by atoms with Crippen LogP contribution in [-0.4, -0.2) is 31.6 Å². The number of likely N-dealkylation sites (N-methyl/N-ethyl adjacent to an activating group) is 1. The zero-order valence-electron chi connectivity index (χ0n) is 10.2. The maximum absolute atomic E-state index is 12.0. The van der Waals surface area contributed by atoms with Gasteiger partial charge in [0.2, 0.25) is 5.88 Å². The molecule has 3 nitrogen and oxygen atoms in total. The number of hydrogen-bond acceptors (Lipinski definition) is 3. The van der Waals surface area contributed by atoms with Crippen molar-refractivity contribution >= 4 is 0 Å². The number of ether oxygens (including phenoxy) is 1. The molecule has 0 aliphatic rings. The van der Waals surface area contributed by atoms with Crippen LogP contribution in [0, 0.1) is 0 Å². The summed E-state index contributed by atoms with van der Waals surface area (Å²) in [5.74, 6) is 0.273. The number of aromatic nitrogens is 1. The molecule has 0 saturated carbocycles. The SMILES string of the molecule is CCc1nc(OCC(F)F)ccc1CCNC. The van der Waals surface area contributed by atoms with Crippen LogP contribution in [0.4, 0.5) is 8.78 Å². The Balaban J connectivity index is 2.70. The Morgan fingerprint density at radius 2 is 2.18 bits per heavy atom. The summed E-state index contributed by atoms with van der Waals surface area (Å²) in [5.41, 5.74) is 2.04. The van der Waals surface area contributed by atoms with Crippen molar-refractivity contribution < 1.29 is 13.5 Å². The lowest BCUT2D eigenvalue weighted by Crippen LogP contribution is -2.13. The molecule has 0 spiro atoms. The van der Waals surface area contributed by atoms with E-state index in [2.05, 4.69) is 10.3 Å². The molecule has 96 valence electrons. The summed E-state index contributed by atoms with van der Waals surface area (Å²) in [6.45, 7) is 2.25. The fraction of sp³-hybridized carbons (Fsp3) is 0.583. The Hall–Kier alpha value is -1.23. The van der Waals surface area contributed by atoms with Gasteiger partial charge >= 0.3 is 0 Å². The third-order valence-electron chi connectivity index (χ3n) is 2.38. The average Bonchev–Trinajstić information content (AvgIpc) is 2.34. The standard InChI is InChI=1S/C12H18F2N2O/c1-3-10-9(6-7-15-2)4-5-12(16-10)17-8-11(13)14/h4-5,11,15H,3,6-8H2,1-2H3. The molecule has 0 aliphatic heterocycles. The molecule has 1 rings (SSSR count). The molecule has 1 heterocycles. The highest BCUT2D eigenvalue weighted by Gasteiger charge is 2.07. The third kappa shape index (κ3) is 4.65. The Morgan fingerprint density at radius 3 is 2.76 bits per heavy atom. The van der Waals surface area contributed by atoms with Gasteiger partial charge in [-0.2, -0.15) is 0 Å². The summed E-state index contributed by atoms with van der Waals surface area (Å²) in [6.07, 6.45) is -0.821. The van der Waals surface area contributed by atoms with E-state index in [-0.39, 0.29) is 5.88 Å². The minimum Gasteiger partial charge on any atom is -0.472 e. The zero-order chi connectivity index (χ0) is 12.7. The van der Waals surface area contributed by atoms with Crippen LogP contribution in [0.1, 0.15) is 18.2 Å². The summed E-state index contributed by atoms with van der Waals surface area (Å²) in [7, 11) is 1.89. The van der Waals surface area contributed by atoms with E-state index in [1.165, 1.54) is 0 Å². The van der Waals surface area contributed by atoms with Gasteiger partial charge in [0.1, 0.15) is 0 Å². The van der Waals surface area contributed by atoms with E-state index in [1.807, 2.05) is 20.0 Å². The molecule has 0 unspecified atom stereocenters. The van der Waals surface area contributed by atoms with E-state index in [0.29, 0.717) is 0 Å². The molecule has 0 atom stereocenters. The first kappa shape index (κ1) is 13.8. The molecule has 0 aliphatic carbocycles. The Morgan fingerprint density at radius 1 is 1.41 bits per heavy atom. The smallest absolute Gasteiger partial charge is 0.272 e. The maximum atomic E-state index is 12.0. The molecule has 0 fully saturated rings. The van der Waals surface area contributed by atoms with Crippen LogP contribution in [0.25, 0.3) is 0 Å². The van der Waals surface area contributed by atoms with Crippen LogP contribution < -0.4 is 10.1 Å². The molecule has 0 bridgehead atoms. The summed E-state index contributed by atoms with van der Waals surface area (Å²) in [5, 5.41) is 3.06. The molecule has 1 aromatic rings. The van der Waals surface area contributed by atoms with Gasteiger partial charge in [-0.25, -0.2) is 13.8 Å². The van der Waals surface area contributed by atoms with E-state index in [1.54, 1.807) is 6.07 Å². The van der Waals surface area contributed by atoms with Crippen molar-refractivity contribution in [2.75, 3.05) is 20.2 Å². The fourth-order valence-electron chi connectivity index (χ4n) is 1.53. The summed E-state index contributed by atoms with van der Waals surface area (Å²) < 4.78 is 28.9. The molecular weight excluding hydrogens is 226 g/mol. The number of alkyl halides is 2. The van der Waals surface area contributed by atoms with Gasteiger partial charge < -0.3 is 10.1 Å². The Bertz CT molecular complexity index is 345. The molecule has 1 N–H and O–H groups in total. The predicted molar refractivity (Wildman–Crippen MR) is 62.7 cm³/mol.